The average molecular weight is 425 g/mol. The van der Waals surface area contributed by atoms with Gasteiger partial charge in [0.25, 0.3) is 5.91 Å². The number of hydrogen-bond donors (Lipinski definition) is 2. The third kappa shape index (κ3) is 4.13. The van der Waals surface area contributed by atoms with Crippen LogP contribution in [0.4, 0.5) is 0 Å². The van der Waals surface area contributed by atoms with Crippen LogP contribution < -0.4 is 10.6 Å². The van der Waals surface area contributed by atoms with Gasteiger partial charge in [0.2, 0.25) is 11.8 Å². The Bertz CT molecular complexity index is 880. The number of carbonyl (C=O) groups excluding carboxylic acids is 3. The zero-order valence-corrected chi connectivity index (χ0v) is 18.1. The van der Waals surface area contributed by atoms with Gasteiger partial charge in [0.1, 0.15) is 6.04 Å². The summed E-state index contributed by atoms with van der Waals surface area (Å²) < 4.78 is 0. The summed E-state index contributed by atoms with van der Waals surface area (Å²) in [5.41, 5.74) is 2.95. The molecule has 0 saturated carbocycles. The van der Waals surface area contributed by atoms with Crippen molar-refractivity contribution in [2.75, 3.05) is 19.6 Å². The van der Waals surface area contributed by atoms with E-state index in [4.69, 9.17) is 0 Å². The van der Waals surface area contributed by atoms with E-state index in [1.54, 1.807) is 4.90 Å². The zero-order chi connectivity index (χ0) is 21.4. The molecule has 1 aromatic rings. The van der Waals surface area contributed by atoms with E-state index >= 15 is 0 Å². The molecule has 0 aromatic heterocycles. The van der Waals surface area contributed by atoms with Gasteiger partial charge in [-0.15, -0.1) is 0 Å². The predicted octanol–water partition coefficient (Wildman–Crippen LogP) is 1.80. The summed E-state index contributed by atoms with van der Waals surface area (Å²) in [7, 11) is 0. The molecule has 0 bridgehead atoms. The number of fused-ring (bicyclic) bond motifs is 1. The van der Waals surface area contributed by atoms with Crippen molar-refractivity contribution in [2.45, 2.75) is 70.1 Å². The van der Waals surface area contributed by atoms with E-state index in [0.717, 1.165) is 37.7 Å². The minimum atomic E-state index is -0.549. The maximum atomic E-state index is 12.9. The third-order valence-corrected chi connectivity index (χ3v) is 7.57. The smallest absolute Gasteiger partial charge is 0.255 e. The number of amides is 3. The molecule has 0 aliphatic carbocycles. The van der Waals surface area contributed by atoms with Crippen molar-refractivity contribution < 1.29 is 14.4 Å². The molecule has 3 fully saturated rings. The van der Waals surface area contributed by atoms with Crippen molar-refractivity contribution in [3.63, 3.8) is 0 Å². The molecule has 0 radical (unpaired) electrons. The molecule has 7 heteroatoms. The van der Waals surface area contributed by atoms with Gasteiger partial charge in [-0.2, -0.15) is 0 Å². The largest absolute Gasteiger partial charge is 0.322 e. The molecular formula is C24H32N4O3. The summed E-state index contributed by atoms with van der Waals surface area (Å²) in [4.78, 5) is 41.0. The standard InChI is InChI=1S/C24H32N4O3/c29-22-7-6-21(23(30)26-22)28-15-18-13-16(4-5-19(18)24(28)31)14-27-12-2-1-3-20(27)17-8-10-25-11-9-17/h4-5,13,17,20-21,25H,1-3,6-12,14-15H2,(H,26,29,30). The zero-order valence-electron chi connectivity index (χ0n) is 18.1. The molecule has 4 heterocycles. The highest BCUT2D eigenvalue weighted by Crippen LogP contribution is 2.32. The Morgan fingerprint density at radius 2 is 1.84 bits per heavy atom. The Labute approximate surface area is 183 Å². The van der Waals surface area contributed by atoms with Crippen LogP contribution in [0.5, 0.6) is 0 Å². The molecule has 7 nitrogen and oxygen atoms in total. The number of hydrogen-bond acceptors (Lipinski definition) is 5. The third-order valence-electron chi connectivity index (χ3n) is 7.57. The number of piperidine rings is 3. The number of likely N-dealkylation sites (tertiary alicyclic amines) is 1. The highest BCUT2D eigenvalue weighted by atomic mass is 16.2. The first kappa shape index (κ1) is 20.6. The number of benzene rings is 1. The van der Waals surface area contributed by atoms with Crippen LogP contribution in [-0.2, 0) is 22.7 Å². The second-order valence-electron chi connectivity index (χ2n) is 9.51. The van der Waals surface area contributed by atoms with Crippen molar-refractivity contribution in [1.29, 1.82) is 0 Å². The monoisotopic (exact) mass is 424 g/mol. The Kier molecular flexibility index (Phi) is 5.80. The first-order valence-electron chi connectivity index (χ1n) is 11.8. The van der Waals surface area contributed by atoms with Gasteiger partial charge in [0.15, 0.2) is 0 Å². The number of carbonyl (C=O) groups is 3. The average Bonchev–Trinajstić information content (AvgIpc) is 3.10. The quantitative estimate of drug-likeness (QED) is 0.721. The van der Waals surface area contributed by atoms with Gasteiger partial charge in [0, 0.05) is 31.1 Å². The van der Waals surface area contributed by atoms with Crippen LogP contribution in [-0.4, -0.2) is 59.2 Å². The number of imide groups is 1. The van der Waals surface area contributed by atoms with Crippen LogP contribution in [0.25, 0.3) is 0 Å². The van der Waals surface area contributed by atoms with E-state index in [2.05, 4.69) is 27.7 Å². The Morgan fingerprint density at radius 1 is 1.00 bits per heavy atom. The maximum Gasteiger partial charge on any atom is 0.255 e. The summed E-state index contributed by atoms with van der Waals surface area (Å²) in [5, 5.41) is 5.86. The summed E-state index contributed by atoms with van der Waals surface area (Å²) in [6.45, 7) is 4.78. The fraction of sp³-hybridized carbons (Fsp3) is 0.625. The van der Waals surface area contributed by atoms with Crippen molar-refractivity contribution in [3.8, 4) is 0 Å². The Balaban J connectivity index is 1.29. The minimum Gasteiger partial charge on any atom is -0.322 e. The molecule has 2 N–H and O–H groups in total. The van der Waals surface area contributed by atoms with E-state index in [1.807, 2.05) is 6.07 Å². The first-order valence-corrected chi connectivity index (χ1v) is 11.8. The van der Waals surface area contributed by atoms with Crippen LogP contribution in [0.15, 0.2) is 18.2 Å². The molecule has 31 heavy (non-hydrogen) atoms. The SMILES string of the molecule is O=C1CCC(N2Cc3cc(CN4CCCCC4C4CCNCC4)ccc3C2=O)C(=O)N1. The molecule has 2 unspecified atom stereocenters. The van der Waals surface area contributed by atoms with Gasteiger partial charge in [0.05, 0.1) is 0 Å². The summed E-state index contributed by atoms with van der Waals surface area (Å²) in [6.07, 6.45) is 7.09. The number of rotatable bonds is 4. The number of nitrogens with one attached hydrogen (secondary N) is 2. The molecular weight excluding hydrogens is 392 g/mol. The van der Waals surface area contributed by atoms with Crippen LogP contribution in [0, 0.1) is 5.92 Å². The molecule has 166 valence electrons. The lowest BCUT2D eigenvalue weighted by atomic mass is 9.84. The van der Waals surface area contributed by atoms with Gasteiger partial charge in [-0.25, -0.2) is 0 Å². The van der Waals surface area contributed by atoms with Crippen molar-refractivity contribution in [1.82, 2.24) is 20.4 Å². The van der Waals surface area contributed by atoms with Gasteiger partial charge >= 0.3 is 0 Å². The van der Waals surface area contributed by atoms with Gasteiger partial charge in [-0.05, 0) is 74.8 Å². The van der Waals surface area contributed by atoms with E-state index in [0.29, 0.717) is 24.6 Å². The molecule has 0 spiro atoms. The summed E-state index contributed by atoms with van der Waals surface area (Å²) in [5.74, 6) is 0.0791. The van der Waals surface area contributed by atoms with Crippen molar-refractivity contribution in [2.24, 2.45) is 5.92 Å². The van der Waals surface area contributed by atoms with Gasteiger partial charge < -0.3 is 10.2 Å². The predicted molar refractivity (Wildman–Crippen MR) is 116 cm³/mol. The van der Waals surface area contributed by atoms with E-state index in [1.165, 1.54) is 37.7 Å². The minimum absolute atomic E-state index is 0.0957. The lowest BCUT2D eigenvalue weighted by molar-refractivity contribution is -0.136. The molecule has 3 amide bonds. The highest BCUT2D eigenvalue weighted by Gasteiger charge is 2.39. The van der Waals surface area contributed by atoms with E-state index in [9.17, 15) is 14.4 Å². The summed E-state index contributed by atoms with van der Waals surface area (Å²) in [6, 6.07) is 6.28. The maximum absolute atomic E-state index is 12.9. The Morgan fingerprint density at radius 3 is 2.65 bits per heavy atom. The summed E-state index contributed by atoms with van der Waals surface area (Å²) >= 11 is 0. The fourth-order valence-corrected chi connectivity index (χ4v) is 5.94. The second-order valence-corrected chi connectivity index (χ2v) is 9.51. The van der Waals surface area contributed by atoms with E-state index < -0.39 is 6.04 Å². The fourth-order valence-electron chi connectivity index (χ4n) is 5.94. The van der Waals surface area contributed by atoms with Gasteiger partial charge in [-0.1, -0.05) is 18.6 Å². The molecule has 4 aliphatic rings. The van der Waals surface area contributed by atoms with Crippen molar-refractivity contribution in [3.05, 3.63) is 34.9 Å². The van der Waals surface area contributed by atoms with Crippen LogP contribution in [0.3, 0.4) is 0 Å². The molecule has 5 rings (SSSR count). The number of nitrogens with zero attached hydrogens (tertiary/aromatic N) is 2. The van der Waals surface area contributed by atoms with Gasteiger partial charge in [-0.3, -0.25) is 24.6 Å². The molecule has 2 atom stereocenters. The Hall–Kier alpha value is -2.25. The van der Waals surface area contributed by atoms with Crippen LogP contribution >= 0.6 is 0 Å². The van der Waals surface area contributed by atoms with E-state index in [-0.39, 0.29) is 24.1 Å². The topological polar surface area (TPSA) is 81.8 Å². The normalized spacial score (nSPS) is 28.0. The lowest BCUT2D eigenvalue weighted by Gasteiger charge is -2.42. The lowest BCUT2D eigenvalue weighted by Crippen LogP contribution is -2.52. The van der Waals surface area contributed by atoms with Crippen LogP contribution in [0.2, 0.25) is 0 Å². The highest BCUT2D eigenvalue weighted by molar-refractivity contribution is 6.05. The van der Waals surface area contributed by atoms with Crippen LogP contribution in [0.1, 0.15) is 66.4 Å². The molecule has 1 aromatic carbocycles. The van der Waals surface area contributed by atoms with Crippen molar-refractivity contribution >= 4 is 17.7 Å². The molecule has 4 aliphatic heterocycles. The first-order chi connectivity index (χ1) is 15.1. The molecule has 3 saturated heterocycles. The second kappa shape index (κ2) is 8.71.